The van der Waals surface area contributed by atoms with Gasteiger partial charge in [0.15, 0.2) is 17.4 Å². The third kappa shape index (κ3) is 6.20. The summed E-state index contributed by atoms with van der Waals surface area (Å²) < 4.78 is 78.6. The predicted molar refractivity (Wildman–Crippen MR) is 136 cm³/mol. The van der Waals surface area contributed by atoms with Gasteiger partial charge in [0.2, 0.25) is 11.7 Å². The molecule has 0 spiro atoms. The van der Waals surface area contributed by atoms with Crippen molar-refractivity contribution in [2.24, 2.45) is 0 Å². The van der Waals surface area contributed by atoms with Crippen molar-refractivity contribution < 1.29 is 26.5 Å². The number of alkyl halides is 1. The molecule has 202 valence electrons. The standard InChI is InChI=1S/C26H22F4N6O2S/c27-17-9-16(12-32-13-17)25-33-8-5-20(35-25)18-4-2-7-34-26(18)38-21-10-19(28)24(23(30)22(21)29)36-39(37)14-15-3-1-6-31-11-15/h1-8,10-11,16-17,32,36H,9,12-14H2. The molecule has 1 aliphatic heterocycles. The zero-order valence-electron chi connectivity index (χ0n) is 20.3. The fraction of sp³-hybridized carbons (Fsp3) is 0.231. The topological polar surface area (TPSA) is 102 Å². The summed E-state index contributed by atoms with van der Waals surface area (Å²) in [6, 6.07) is 8.66. The third-order valence-electron chi connectivity index (χ3n) is 5.95. The summed E-state index contributed by atoms with van der Waals surface area (Å²) >= 11 is 0. The van der Waals surface area contributed by atoms with Crippen LogP contribution in [0.1, 0.15) is 23.7 Å². The molecule has 0 bridgehead atoms. The lowest BCUT2D eigenvalue weighted by molar-refractivity contribution is 0.243. The number of hydrogen-bond donors (Lipinski definition) is 2. The van der Waals surface area contributed by atoms with E-state index in [0.717, 1.165) is 0 Å². The Morgan fingerprint density at radius 3 is 2.69 bits per heavy atom. The largest absolute Gasteiger partial charge is 0.435 e. The fourth-order valence-corrected chi connectivity index (χ4v) is 5.06. The summed E-state index contributed by atoms with van der Waals surface area (Å²) in [5, 5.41) is 3.00. The molecule has 0 saturated carbocycles. The highest BCUT2D eigenvalue weighted by atomic mass is 32.2. The van der Waals surface area contributed by atoms with E-state index in [-0.39, 0.29) is 30.5 Å². The zero-order valence-corrected chi connectivity index (χ0v) is 21.1. The summed E-state index contributed by atoms with van der Waals surface area (Å²) in [6.07, 6.45) is 5.09. The lowest BCUT2D eigenvalue weighted by Crippen LogP contribution is -2.36. The minimum Gasteiger partial charge on any atom is -0.435 e. The monoisotopic (exact) mass is 558 g/mol. The van der Waals surface area contributed by atoms with Gasteiger partial charge in [0.25, 0.3) is 0 Å². The van der Waals surface area contributed by atoms with Gasteiger partial charge in [-0.05, 0) is 36.2 Å². The molecule has 8 nitrogen and oxygen atoms in total. The lowest BCUT2D eigenvalue weighted by Gasteiger charge is -2.24. The average Bonchev–Trinajstić information content (AvgIpc) is 2.95. The molecule has 3 unspecified atom stereocenters. The summed E-state index contributed by atoms with van der Waals surface area (Å²) in [5.74, 6) is -5.18. The van der Waals surface area contributed by atoms with E-state index < -0.39 is 46.0 Å². The van der Waals surface area contributed by atoms with E-state index in [1.807, 2.05) is 0 Å². The summed E-state index contributed by atoms with van der Waals surface area (Å²) in [5.41, 5.74) is 0.330. The summed E-state index contributed by atoms with van der Waals surface area (Å²) in [4.78, 5) is 16.7. The Bertz CT molecular complexity index is 1500. The Balaban J connectivity index is 1.39. The average molecular weight is 559 g/mol. The number of rotatable bonds is 8. The second-order valence-corrected chi connectivity index (χ2v) is 9.94. The second kappa shape index (κ2) is 11.8. The van der Waals surface area contributed by atoms with Gasteiger partial charge in [0.05, 0.1) is 17.0 Å². The highest BCUT2D eigenvalue weighted by Crippen LogP contribution is 2.36. The molecular formula is C26H22F4N6O2S. The van der Waals surface area contributed by atoms with Crippen molar-refractivity contribution in [3.63, 3.8) is 0 Å². The normalized spacial score (nSPS) is 17.9. The van der Waals surface area contributed by atoms with Crippen molar-refractivity contribution in [1.29, 1.82) is 0 Å². The zero-order chi connectivity index (χ0) is 27.4. The molecule has 1 saturated heterocycles. The van der Waals surface area contributed by atoms with Crippen molar-refractivity contribution in [1.82, 2.24) is 25.3 Å². The number of anilines is 1. The van der Waals surface area contributed by atoms with Crippen molar-refractivity contribution in [2.75, 3.05) is 17.8 Å². The van der Waals surface area contributed by atoms with Gasteiger partial charge in [-0.2, -0.15) is 4.39 Å². The minimum atomic E-state index is -1.96. The second-order valence-electron chi connectivity index (χ2n) is 8.76. The SMILES string of the molecule is O=S(Cc1cccnc1)Nc1c(F)cc(Oc2ncccc2-c2ccnc(C3CNCC(F)C3)n2)c(F)c1F. The van der Waals surface area contributed by atoms with Crippen molar-refractivity contribution in [3.05, 3.63) is 90.0 Å². The number of pyridine rings is 2. The van der Waals surface area contributed by atoms with E-state index in [1.54, 1.807) is 30.3 Å². The van der Waals surface area contributed by atoms with Gasteiger partial charge < -0.3 is 10.1 Å². The van der Waals surface area contributed by atoms with E-state index in [0.29, 0.717) is 35.3 Å². The van der Waals surface area contributed by atoms with E-state index in [1.165, 1.54) is 24.8 Å². The smallest absolute Gasteiger partial charge is 0.228 e. The Hall–Kier alpha value is -3.97. The maximum Gasteiger partial charge on any atom is 0.228 e. The van der Waals surface area contributed by atoms with Crippen LogP contribution in [-0.2, 0) is 16.7 Å². The maximum atomic E-state index is 15.0. The number of nitrogens with one attached hydrogen (secondary N) is 2. The van der Waals surface area contributed by atoms with Gasteiger partial charge in [-0.1, -0.05) is 6.07 Å². The lowest BCUT2D eigenvalue weighted by atomic mass is 9.97. The van der Waals surface area contributed by atoms with Gasteiger partial charge in [0, 0.05) is 49.9 Å². The Morgan fingerprint density at radius 1 is 1.05 bits per heavy atom. The summed E-state index contributed by atoms with van der Waals surface area (Å²) in [7, 11) is -1.96. The van der Waals surface area contributed by atoms with E-state index >= 15 is 0 Å². The Morgan fingerprint density at radius 2 is 1.90 bits per heavy atom. The molecule has 39 heavy (non-hydrogen) atoms. The molecule has 3 aromatic heterocycles. The molecule has 4 heterocycles. The molecule has 1 fully saturated rings. The van der Waals surface area contributed by atoms with Crippen LogP contribution < -0.4 is 14.8 Å². The van der Waals surface area contributed by atoms with E-state index in [9.17, 15) is 21.8 Å². The highest BCUT2D eigenvalue weighted by molar-refractivity contribution is 7.85. The molecule has 1 aliphatic rings. The van der Waals surface area contributed by atoms with Gasteiger partial charge in [-0.3, -0.25) is 9.71 Å². The fourth-order valence-electron chi connectivity index (χ4n) is 4.10. The molecular weight excluding hydrogens is 536 g/mol. The predicted octanol–water partition coefficient (Wildman–Crippen LogP) is 4.83. The van der Waals surface area contributed by atoms with E-state index in [2.05, 4.69) is 30.0 Å². The van der Waals surface area contributed by atoms with Crippen LogP contribution in [0.5, 0.6) is 11.6 Å². The van der Waals surface area contributed by atoms with Crippen molar-refractivity contribution >= 4 is 16.7 Å². The van der Waals surface area contributed by atoms with Gasteiger partial charge in [-0.15, -0.1) is 0 Å². The minimum absolute atomic E-state index is 0.103. The Kier molecular flexibility index (Phi) is 8.07. The first kappa shape index (κ1) is 26.6. The molecule has 3 atom stereocenters. The molecule has 1 aromatic carbocycles. The van der Waals surface area contributed by atoms with Crippen LogP contribution in [0.25, 0.3) is 11.3 Å². The number of ether oxygens (including phenoxy) is 1. The van der Waals surface area contributed by atoms with Crippen LogP contribution in [0.15, 0.2) is 61.2 Å². The molecule has 5 rings (SSSR count). The van der Waals surface area contributed by atoms with Crippen LogP contribution in [0, 0.1) is 17.5 Å². The first-order valence-corrected chi connectivity index (χ1v) is 13.2. The number of benzene rings is 1. The number of hydrogen-bond acceptors (Lipinski definition) is 7. The first-order chi connectivity index (χ1) is 18.9. The molecule has 0 radical (unpaired) electrons. The molecule has 13 heteroatoms. The van der Waals surface area contributed by atoms with Crippen LogP contribution in [0.3, 0.4) is 0 Å². The molecule has 2 N–H and O–H groups in total. The number of aromatic nitrogens is 4. The van der Waals surface area contributed by atoms with Crippen molar-refractivity contribution in [2.45, 2.75) is 24.3 Å². The number of halogens is 4. The van der Waals surface area contributed by atoms with Crippen LogP contribution >= 0.6 is 0 Å². The quantitative estimate of drug-likeness (QED) is 0.236. The maximum absolute atomic E-state index is 15.0. The number of nitrogens with zero attached hydrogens (tertiary/aromatic N) is 4. The van der Waals surface area contributed by atoms with Gasteiger partial charge in [0.1, 0.15) is 28.7 Å². The van der Waals surface area contributed by atoms with E-state index in [4.69, 9.17) is 4.74 Å². The number of piperidine rings is 1. The Labute approximate surface area is 223 Å². The van der Waals surface area contributed by atoms with Crippen molar-refractivity contribution in [3.8, 4) is 22.9 Å². The highest BCUT2D eigenvalue weighted by Gasteiger charge is 2.26. The first-order valence-electron chi connectivity index (χ1n) is 11.9. The molecule has 0 amide bonds. The molecule has 4 aromatic rings. The van der Waals surface area contributed by atoms with Crippen LogP contribution in [-0.4, -0.2) is 43.4 Å². The third-order valence-corrected chi connectivity index (χ3v) is 6.98. The van der Waals surface area contributed by atoms with Crippen LogP contribution in [0.4, 0.5) is 23.2 Å². The summed E-state index contributed by atoms with van der Waals surface area (Å²) in [6.45, 7) is 0.779. The van der Waals surface area contributed by atoms with Gasteiger partial charge >= 0.3 is 0 Å². The van der Waals surface area contributed by atoms with Crippen LogP contribution in [0.2, 0.25) is 0 Å². The van der Waals surface area contributed by atoms with Gasteiger partial charge in [-0.25, -0.2) is 32.3 Å². The molecule has 0 aliphatic carbocycles.